The minimum Gasteiger partial charge on any atom is -0.491 e. The zero-order valence-corrected chi connectivity index (χ0v) is 17.4. The minimum absolute atomic E-state index is 0.119. The molecule has 2 aromatic heterocycles. The van der Waals surface area contributed by atoms with Crippen LogP contribution in [0.5, 0.6) is 5.75 Å². The first-order valence-corrected chi connectivity index (χ1v) is 9.99. The van der Waals surface area contributed by atoms with Gasteiger partial charge in [0.15, 0.2) is 0 Å². The molecule has 1 fully saturated rings. The average Bonchev–Trinajstić information content (AvgIpc) is 2.76. The molecule has 3 aromatic rings. The second-order valence-corrected chi connectivity index (χ2v) is 7.47. The quantitative estimate of drug-likeness (QED) is 0.643. The number of rotatable bonds is 5. The average molecular weight is 407 g/mol. The van der Waals surface area contributed by atoms with Crippen LogP contribution in [0.25, 0.3) is 11.4 Å². The summed E-state index contributed by atoms with van der Waals surface area (Å²) in [5.41, 5.74) is 2.09. The van der Waals surface area contributed by atoms with Gasteiger partial charge < -0.3 is 14.4 Å². The molecule has 8 heteroatoms. The highest BCUT2D eigenvalue weighted by Gasteiger charge is 2.25. The highest BCUT2D eigenvalue weighted by molar-refractivity contribution is 5.55. The molecule has 1 aromatic carbocycles. The zero-order valence-electron chi connectivity index (χ0n) is 17.4. The largest absolute Gasteiger partial charge is 0.491 e. The van der Waals surface area contributed by atoms with Crippen LogP contribution in [0.3, 0.4) is 0 Å². The molecular formula is C22H25N5O3. The van der Waals surface area contributed by atoms with E-state index in [0.717, 1.165) is 11.3 Å². The van der Waals surface area contributed by atoms with Crippen LogP contribution in [-0.2, 0) is 11.8 Å². The Morgan fingerprint density at radius 2 is 1.97 bits per heavy atom. The third-order valence-corrected chi connectivity index (χ3v) is 4.93. The lowest BCUT2D eigenvalue weighted by Crippen LogP contribution is -2.41. The van der Waals surface area contributed by atoms with E-state index in [1.807, 2.05) is 38.1 Å². The summed E-state index contributed by atoms with van der Waals surface area (Å²) in [5, 5.41) is 0. The molecule has 1 saturated heterocycles. The van der Waals surface area contributed by atoms with Gasteiger partial charge in [-0.3, -0.25) is 9.36 Å². The summed E-state index contributed by atoms with van der Waals surface area (Å²) >= 11 is 0. The van der Waals surface area contributed by atoms with Crippen molar-refractivity contribution in [3.8, 4) is 17.1 Å². The molecule has 3 heterocycles. The number of nitrogens with zero attached hydrogens (tertiary/aromatic N) is 5. The van der Waals surface area contributed by atoms with Crippen molar-refractivity contribution >= 4 is 5.95 Å². The minimum atomic E-state index is -0.133. The van der Waals surface area contributed by atoms with Crippen molar-refractivity contribution in [2.75, 3.05) is 24.6 Å². The third kappa shape index (κ3) is 4.33. The molecule has 1 atom stereocenters. The molecule has 0 saturated carbocycles. The van der Waals surface area contributed by atoms with Gasteiger partial charge in [0, 0.05) is 25.9 Å². The van der Waals surface area contributed by atoms with Crippen molar-refractivity contribution in [1.29, 1.82) is 0 Å². The summed E-state index contributed by atoms with van der Waals surface area (Å²) in [5.74, 6) is 1.44. The number of hydrogen-bond acceptors (Lipinski definition) is 7. The fourth-order valence-electron chi connectivity index (χ4n) is 3.45. The Bertz CT molecular complexity index is 1050. The van der Waals surface area contributed by atoms with Crippen molar-refractivity contribution in [1.82, 2.24) is 19.5 Å². The Morgan fingerprint density at radius 1 is 1.17 bits per heavy atom. The molecule has 0 bridgehead atoms. The van der Waals surface area contributed by atoms with Crippen molar-refractivity contribution in [3.05, 3.63) is 64.8 Å². The maximum Gasteiger partial charge on any atom is 0.255 e. The van der Waals surface area contributed by atoms with E-state index in [9.17, 15) is 4.79 Å². The molecular weight excluding hydrogens is 382 g/mol. The van der Waals surface area contributed by atoms with Gasteiger partial charge in [-0.15, -0.1) is 0 Å². The molecule has 0 spiro atoms. The van der Waals surface area contributed by atoms with Crippen LogP contribution in [0.2, 0.25) is 0 Å². The van der Waals surface area contributed by atoms with E-state index < -0.39 is 0 Å². The Hall–Kier alpha value is -3.26. The van der Waals surface area contributed by atoms with Crippen LogP contribution < -0.4 is 15.2 Å². The van der Waals surface area contributed by atoms with Crippen LogP contribution in [0.15, 0.2) is 53.7 Å². The fraction of sp³-hybridized carbons (Fsp3) is 0.364. The molecule has 0 amide bonds. The summed E-state index contributed by atoms with van der Waals surface area (Å²) in [6, 6.07) is 11.2. The summed E-state index contributed by atoms with van der Waals surface area (Å²) in [6.07, 6.45) is 3.10. The highest BCUT2D eigenvalue weighted by Crippen LogP contribution is 2.27. The van der Waals surface area contributed by atoms with Gasteiger partial charge in [-0.1, -0.05) is 12.1 Å². The van der Waals surface area contributed by atoms with Gasteiger partial charge in [-0.05, 0) is 37.6 Å². The molecule has 1 aliphatic heterocycles. The van der Waals surface area contributed by atoms with Crippen molar-refractivity contribution in [2.24, 2.45) is 7.05 Å². The third-order valence-electron chi connectivity index (χ3n) is 4.93. The molecule has 30 heavy (non-hydrogen) atoms. The standard InChI is InChI=1S/C22H25N5O3/c1-15(2)30-17-6-4-16(5-7-17)20-13-27(10-11-29-20)22-25-19(12-21(28)26(22)3)18-8-9-23-14-24-18/h4-9,12,14-15,20H,10-11,13H2,1-3H3. The first kappa shape index (κ1) is 20.0. The fourth-order valence-corrected chi connectivity index (χ4v) is 3.45. The van der Waals surface area contributed by atoms with Gasteiger partial charge >= 0.3 is 0 Å². The van der Waals surface area contributed by atoms with Crippen molar-refractivity contribution in [3.63, 3.8) is 0 Å². The lowest BCUT2D eigenvalue weighted by atomic mass is 10.1. The second-order valence-electron chi connectivity index (χ2n) is 7.47. The van der Waals surface area contributed by atoms with Gasteiger partial charge in [0.05, 0.1) is 30.6 Å². The van der Waals surface area contributed by atoms with E-state index in [1.54, 1.807) is 23.9 Å². The van der Waals surface area contributed by atoms with Crippen molar-refractivity contribution in [2.45, 2.75) is 26.1 Å². The number of benzene rings is 1. The van der Waals surface area contributed by atoms with Crippen LogP contribution >= 0.6 is 0 Å². The topological polar surface area (TPSA) is 82.4 Å². The van der Waals surface area contributed by atoms with Crippen LogP contribution in [-0.4, -0.2) is 45.3 Å². The number of hydrogen-bond donors (Lipinski definition) is 0. The van der Waals surface area contributed by atoms with E-state index in [4.69, 9.17) is 14.5 Å². The second kappa shape index (κ2) is 8.62. The molecule has 0 aliphatic carbocycles. The molecule has 0 radical (unpaired) electrons. The van der Waals surface area contributed by atoms with Crippen molar-refractivity contribution < 1.29 is 9.47 Å². The van der Waals surface area contributed by atoms with E-state index >= 15 is 0 Å². The van der Waals surface area contributed by atoms with Gasteiger partial charge in [0.1, 0.15) is 18.2 Å². The SMILES string of the molecule is CC(C)Oc1ccc(C2CN(c3nc(-c4ccncn4)cc(=O)n3C)CCO2)cc1. The van der Waals surface area contributed by atoms with Crippen LogP contribution in [0, 0.1) is 0 Å². The normalized spacial score (nSPS) is 16.7. The Labute approximate surface area is 175 Å². The molecule has 0 N–H and O–H groups in total. The van der Waals surface area contributed by atoms with Crippen LogP contribution in [0.1, 0.15) is 25.5 Å². The molecule has 1 unspecified atom stereocenters. The Morgan fingerprint density at radius 3 is 2.67 bits per heavy atom. The number of anilines is 1. The zero-order chi connectivity index (χ0) is 21.1. The van der Waals surface area contributed by atoms with Gasteiger partial charge in [-0.2, -0.15) is 0 Å². The first-order chi connectivity index (χ1) is 14.5. The van der Waals surface area contributed by atoms with E-state index in [0.29, 0.717) is 37.0 Å². The molecule has 1 aliphatic rings. The Kier molecular flexibility index (Phi) is 5.76. The van der Waals surface area contributed by atoms with Gasteiger partial charge in [0.25, 0.3) is 5.56 Å². The summed E-state index contributed by atoms with van der Waals surface area (Å²) in [6.45, 7) is 5.80. The molecule has 156 valence electrons. The summed E-state index contributed by atoms with van der Waals surface area (Å²) < 4.78 is 13.3. The summed E-state index contributed by atoms with van der Waals surface area (Å²) in [4.78, 5) is 27.5. The van der Waals surface area contributed by atoms with Gasteiger partial charge in [-0.25, -0.2) is 15.0 Å². The Balaban J connectivity index is 1.59. The smallest absolute Gasteiger partial charge is 0.255 e. The maximum absolute atomic E-state index is 12.6. The monoisotopic (exact) mass is 407 g/mol. The maximum atomic E-state index is 12.6. The summed E-state index contributed by atoms with van der Waals surface area (Å²) in [7, 11) is 1.73. The number of ether oxygens (including phenoxy) is 2. The predicted octanol–water partition coefficient (Wildman–Crippen LogP) is 2.60. The van der Waals surface area contributed by atoms with E-state index in [1.165, 1.54) is 12.4 Å². The lowest BCUT2D eigenvalue weighted by Gasteiger charge is -2.34. The number of morpholine rings is 1. The molecule has 8 nitrogen and oxygen atoms in total. The molecule has 4 rings (SSSR count). The van der Waals surface area contributed by atoms with E-state index in [2.05, 4.69) is 14.9 Å². The van der Waals surface area contributed by atoms with E-state index in [-0.39, 0.29) is 17.8 Å². The first-order valence-electron chi connectivity index (χ1n) is 9.99. The lowest BCUT2D eigenvalue weighted by molar-refractivity contribution is 0.0389. The number of aromatic nitrogens is 4. The van der Waals surface area contributed by atoms with Crippen LogP contribution in [0.4, 0.5) is 5.95 Å². The predicted molar refractivity (Wildman–Crippen MR) is 114 cm³/mol. The van der Waals surface area contributed by atoms with Gasteiger partial charge in [0.2, 0.25) is 5.95 Å². The highest BCUT2D eigenvalue weighted by atomic mass is 16.5.